The van der Waals surface area contributed by atoms with Crippen molar-refractivity contribution in [1.82, 2.24) is 10.9 Å². The first kappa shape index (κ1) is 18.7. The van der Waals surface area contributed by atoms with Crippen LogP contribution in [0.25, 0.3) is 6.08 Å². The average Bonchev–Trinajstić information content (AvgIpc) is 2.66. The Kier molecular flexibility index (Phi) is 6.07. The molecule has 5 N–H and O–H groups in total. The summed E-state index contributed by atoms with van der Waals surface area (Å²) in [6, 6.07) is 9.55. The molecule has 0 aliphatic rings. The smallest absolute Gasteiger partial charge is 0.271 e. The molecule has 2 amide bonds. The summed E-state index contributed by atoms with van der Waals surface area (Å²) in [5.74, 6) is -1.76. The largest absolute Gasteiger partial charge is 0.504 e. The summed E-state index contributed by atoms with van der Waals surface area (Å²) in [5, 5.41) is 31.7. The van der Waals surface area contributed by atoms with Crippen molar-refractivity contribution in [3.8, 4) is 11.5 Å². The van der Waals surface area contributed by atoms with Crippen molar-refractivity contribution in [3.63, 3.8) is 0 Å². The molecule has 0 unspecified atom stereocenters. The number of rotatable bonds is 5. The summed E-state index contributed by atoms with van der Waals surface area (Å²) >= 11 is 0. The number of hydrogen-bond acceptors (Lipinski definition) is 6. The van der Waals surface area contributed by atoms with Gasteiger partial charge in [0.25, 0.3) is 11.8 Å². The number of carbonyl (C=O) groups is 2. The molecule has 0 aliphatic heterocycles. The van der Waals surface area contributed by atoms with E-state index in [1.807, 2.05) is 0 Å². The van der Waals surface area contributed by atoms with E-state index in [9.17, 15) is 19.8 Å². The number of benzene rings is 2. The van der Waals surface area contributed by atoms with E-state index in [-0.39, 0.29) is 17.1 Å². The van der Waals surface area contributed by atoms with E-state index in [2.05, 4.69) is 10.5 Å². The minimum absolute atomic E-state index is 0.244. The van der Waals surface area contributed by atoms with Crippen LogP contribution in [0.3, 0.4) is 0 Å². The Hall–Kier alpha value is -3.65. The number of aromatic hydroxyl groups is 2. The average molecular weight is 355 g/mol. The zero-order valence-corrected chi connectivity index (χ0v) is 13.8. The molecule has 134 valence electrons. The van der Waals surface area contributed by atoms with E-state index in [1.54, 1.807) is 37.3 Å². The van der Waals surface area contributed by atoms with Gasteiger partial charge in [-0.1, -0.05) is 18.2 Å². The SMILES string of the molecule is Cc1ccc(/C=N/NC(=O)c2cccc(/C=C/C(=O)NO)c2)c(O)c1O. The number of nitrogens with one attached hydrogen (secondary N) is 2. The minimum Gasteiger partial charge on any atom is -0.504 e. The second-order valence-corrected chi connectivity index (χ2v) is 5.30. The lowest BCUT2D eigenvalue weighted by atomic mass is 10.1. The fraction of sp³-hybridized carbons (Fsp3) is 0.0556. The third kappa shape index (κ3) is 4.68. The van der Waals surface area contributed by atoms with Crippen LogP contribution in [0.2, 0.25) is 0 Å². The zero-order chi connectivity index (χ0) is 19.1. The molecular weight excluding hydrogens is 338 g/mol. The third-order valence-corrected chi connectivity index (χ3v) is 3.44. The number of amides is 2. The van der Waals surface area contributed by atoms with Gasteiger partial charge in [-0.15, -0.1) is 0 Å². The van der Waals surface area contributed by atoms with Crippen molar-refractivity contribution in [2.75, 3.05) is 0 Å². The summed E-state index contributed by atoms with van der Waals surface area (Å²) in [7, 11) is 0. The Bertz CT molecular complexity index is 890. The number of hydrogen-bond donors (Lipinski definition) is 5. The van der Waals surface area contributed by atoms with Gasteiger partial charge >= 0.3 is 0 Å². The van der Waals surface area contributed by atoms with Gasteiger partial charge in [0, 0.05) is 17.2 Å². The fourth-order valence-electron chi connectivity index (χ4n) is 2.02. The number of hydroxylamine groups is 1. The van der Waals surface area contributed by atoms with Crippen LogP contribution in [0.4, 0.5) is 0 Å². The quantitative estimate of drug-likeness (QED) is 0.183. The van der Waals surface area contributed by atoms with Gasteiger partial charge < -0.3 is 10.2 Å². The van der Waals surface area contributed by atoms with E-state index in [4.69, 9.17) is 5.21 Å². The standard InChI is InChI=1S/C18H17N3O5/c1-11-5-7-14(17(24)16(11)23)10-19-20-18(25)13-4-2-3-12(9-13)6-8-15(22)21-26/h2-10,23-24,26H,1H3,(H,20,25)(H,21,22)/b8-6+,19-10+. The van der Waals surface area contributed by atoms with Gasteiger partial charge in [-0.05, 0) is 42.3 Å². The lowest BCUT2D eigenvalue weighted by Crippen LogP contribution is -2.17. The van der Waals surface area contributed by atoms with Gasteiger partial charge in [-0.3, -0.25) is 14.8 Å². The van der Waals surface area contributed by atoms with Gasteiger partial charge in [0.05, 0.1) is 6.21 Å². The molecule has 2 rings (SSSR count). The van der Waals surface area contributed by atoms with Crippen LogP contribution in [0.5, 0.6) is 11.5 Å². The van der Waals surface area contributed by atoms with Gasteiger partial charge in [-0.25, -0.2) is 10.9 Å². The first-order valence-electron chi connectivity index (χ1n) is 7.49. The number of carbonyl (C=O) groups excluding carboxylic acids is 2. The van der Waals surface area contributed by atoms with Crippen LogP contribution in [0.15, 0.2) is 47.6 Å². The van der Waals surface area contributed by atoms with Crippen molar-refractivity contribution >= 4 is 24.1 Å². The van der Waals surface area contributed by atoms with Gasteiger partial charge in [0.2, 0.25) is 0 Å². The van der Waals surface area contributed by atoms with Crippen molar-refractivity contribution < 1.29 is 25.0 Å². The maximum atomic E-state index is 12.1. The fourth-order valence-corrected chi connectivity index (χ4v) is 2.02. The monoisotopic (exact) mass is 355 g/mol. The molecule has 0 radical (unpaired) electrons. The molecule has 0 heterocycles. The molecular formula is C18H17N3O5. The lowest BCUT2D eigenvalue weighted by molar-refractivity contribution is -0.124. The Balaban J connectivity index is 2.07. The molecule has 0 atom stereocenters. The van der Waals surface area contributed by atoms with Crippen LogP contribution in [0.1, 0.15) is 27.0 Å². The molecule has 2 aromatic carbocycles. The topological polar surface area (TPSA) is 131 Å². The Labute approximate surface area is 149 Å². The van der Waals surface area contributed by atoms with Crippen molar-refractivity contribution in [1.29, 1.82) is 0 Å². The summed E-state index contributed by atoms with van der Waals surface area (Å²) in [5.41, 5.74) is 5.41. The van der Waals surface area contributed by atoms with Gasteiger partial charge in [-0.2, -0.15) is 5.10 Å². The van der Waals surface area contributed by atoms with E-state index in [1.165, 1.54) is 23.8 Å². The molecule has 2 aromatic rings. The Morgan fingerprint density at radius 1 is 1.12 bits per heavy atom. The van der Waals surface area contributed by atoms with Crippen molar-refractivity contribution in [2.45, 2.75) is 6.92 Å². The molecule has 26 heavy (non-hydrogen) atoms. The predicted octanol–water partition coefficient (Wildman–Crippen LogP) is 1.69. The molecule has 0 fully saturated rings. The van der Waals surface area contributed by atoms with Crippen LogP contribution in [-0.4, -0.2) is 33.4 Å². The van der Waals surface area contributed by atoms with Crippen molar-refractivity contribution in [3.05, 3.63) is 64.7 Å². The normalized spacial score (nSPS) is 11.0. The van der Waals surface area contributed by atoms with Crippen LogP contribution < -0.4 is 10.9 Å². The predicted molar refractivity (Wildman–Crippen MR) is 95.0 cm³/mol. The van der Waals surface area contributed by atoms with E-state index < -0.39 is 11.8 Å². The first-order chi connectivity index (χ1) is 12.4. The second-order valence-electron chi connectivity index (χ2n) is 5.30. The number of aryl methyl sites for hydroxylation is 1. The molecule has 8 heteroatoms. The second kappa shape index (κ2) is 8.45. The highest BCUT2D eigenvalue weighted by atomic mass is 16.5. The summed E-state index contributed by atoms with van der Waals surface area (Å²) < 4.78 is 0. The highest BCUT2D eigenvalue weighted by molar-refractivity contribution is 5.96. The van der Waals surface area contributed by atoms with E-state index >= 15 is 0 Å². The summed E-state index contributed by atoms with van der Waals surface area (Å²) in [4.78, 5) is 23.1. The van der Waals surface area contributed by atoms with Crippen LogP contribution in [0, 0.1) is 6.92 Å². The first-order valence-corrected chi connectivity index (χ1v) is 7.49. The Morgan fingerprint density at radius 3 is 2.62 bits per heavy atom. The Morgan fingerprint density at radius 2 is 1.88 bits per heavy atom. The zero-order valence-electron chi connectivity index (χ0n) is 13.8. The number of phenolic OH excluding ortho intramolecular Hbond substituents is 2. The minimum atomic E-state index is -0.689. The van der Waals surface area contributed by atoms with Crippen LogP contribution in [-0.2, 0) is 4.79 Å². The molecule has 8 nitrogen and oxygen atoms in total. The number of nitrogens with zero attached hydrogens (tertiary/aromatic N) is 1. The number of hydrazone groups is 1. The molecule has 0 aliphatic carbocycles. The molecule has 0 spiro atoms. The van der Waals surface area contributed by atoms with Crippen molar-refractivity contribution in [2.24, 2.45) is 5.10 Å². The third-order valence-electron chi connectivity index (χ3n) is 3.44. The molecule has 0 bridgehead atoms. The molecule has 0 saturated heterocycles. The summed E-state index contributed by atoms with van der Waals surface area (Å²) in [6.07, 6.45) is 3.75. The number of phenols is 2. The van der Waals surface area contributed by atoms with E-state index in [0.29, 0.717) is 16.7 Å². The summed E-state index contributed by atoms with van der Waals surface area (Å²) in [6.45, 7) is 1.64. The molecule has 0 saturated carbocycles. The maximum Gasteiger partial charge on any atom is 0.271 e. The van der Waals surface area contributed by atoms with Crippen LogP contribution >= 0.6 is 0 Å². The van der Waals surface area contributed by atoms with E-state index in [0.717, 1.165) is 6.08 Å². The van der Waals surface area contributed by atoms with Gasteiger partial charge in [0.1, 0.15) is 0 Å². The lowest BCUT2D eigenvalue weighted by Gasteiger charge is -2.05. The highest BCUT2D eigenvalue weighted by Crippen LogP contribution is 2.30. The molecule has 0 aromatic heterocycles. The highest BCUT2D eigenvalue weighted by Gasteiger charge is 2.08. The maximum absolute atomic E-state index is 12.1. The van der Waals surface area contributed by atoms with Gasteiger partial charge in [0.15, 0.2) is 11.5 Å².